The Kier molecular flexibility index (Phi) is 6.78. The van der Waals surface area contributed by atoms with Gasteiger partial charge in [0.15, 0.2) is 0 Å². The second kappa shape index (κ2) is 9.58. The summed E-state index contributed by atoms with van der Waals surface area (Å²) < 4.78 is 35.2. The third-order valence-corrected chi connectivity index (χ3v) is 8.12. The molecule has 3 aromatic rings. The van der Waals surface area contributed by atoms with Gasteiger partial charge in [-0.3, -0.25) is 4.79 Å². The smallest absolute Gasteiger partial charge is 0.243 e. The average molecular weight is 472 g/mol. The van der Waals surface area contributed by atoms with E-state index in [2.05, 4.69) is 15.6 Å². The summed E-state index contributed by atoms with van der Waals surface area (Å²) in [5, 5.41) is 11.1. The number of hydrogen-bond donors (Lipinski definition) is 1. The van der Waals surface area contributed by atoms with E-state index >= 15 is 0 Å². The number of amides is 1. The highest BCUT2D eigenvalue weighted by molar-refractivity contribution is 7.89. The van der Waals surface area contributed by atoms with Crippen molar-refractivity contribution in [1.82, 2.24) is 19.3 Å². The first-order chi connectivity index (χ1) is 15.8. The summed E-state index contributed by atoms with van der Waals surface area (Å²) in [6.45, 7) is 5.21. The number of fused-ring (bicyclic) bond motifs is 1. The Bertz CT molecular complexity index is 1270. The molecule has 0 bridgehead atoms. The van der Waals surface area contributed by atoms with E-state index in [9.17, 15) is 13.2 Å². The van der Waals surface area contributed by atoms with Crippen molar-refractivity contribution in [3.8, 4) is 0 Å². The van der Waals surface area contributed by atoms with Crippen molar-refractivity contribution in [2.24, 2.45) is 0 Å². The Hall–Kier alpha value is -2.82. The summed E-state index contributed by atoms with van der Waals surface area (Å²) in [4.78, 5) is 13.3. The van der Waals surface area contributed by atoms with E-state index < -0.39 is 16.1 Å². The Balaban J connectivity index is 1.61. The van der Waals surface area contributed by atoms with Crippen LogP contribution in [0.5, 0.6) is 0 Å². The molecule has 1 saturated heterocycles. The second-order valence-corrected chi connectivity index (χ2v) is 10.2. The van der Waals surface area contributed by atoms with Gasteiger partial charge in [0.1, 0.15) is 11.6 Å². The van der Waals surface area contributed by atoms with Crippen LogP contribution in [0.25, 0.3) is 11.0 Å². The number of carbonyl (C=O) groups excluding carboxylic acids is 1. The fourth-order valence-electron chi connectivity index (χ4n) is 4.15. The lowest BCUT2D eigenvalue weighted by atomic mass is 10.0. The molecular weight excluding hydrogens is 442 g/mol. The van der Waals surface area contributed by atoms with Gasteiger partial charge in [-0.15, -0.1) is 5.10 Å². The number of hydrogen-bond acceptors (Lipinski definition) is 6. The van der Waals surface area contributed by atoms with Gasteiger partial charge >= 0.3 is 0 Å². The van der Waals surface area contributed by atoms with Crippen molar-refractivity contribution in [1.29, 1.82) is 0 Å². The molecule has 2 aromatic carbocycles. The number of aryl methyl sites for hydroxylation is 1. The topological polar surface area (TPSA) is 106 Å². The first-order valence-electron chi connectivity index (χ1n) is 11.0. The highest BCUT2D eigenvalue weighted by Gasteiger charge is 2.38. The number of nitrogens with zero attached hydrogens (tertiary/aromatic N) is 4. The first-order valence-corrected chi connectivity index (χ1v) is 12.5. The molecule has 4 rings (SSSR count). The van der Waals surface area contributed by atoms with E-state index in [1.54, 1.807) is 23.9 Å². The summed E-state index contributed by atoms with van der Waals surface area (Å²) >= 11 is 0. The summed E-state index contributed by atoms with van der Waals surface area (Å²) in [5.74, 6) is -0.307. The van der Waals surface area contributed by atoms with Crippen molar-refractivity contribution in [3.05, 3.63) is 47.5 Å². The zero-order valence-electron chi connectivity index (χ0n) is 19.1. The van der Waals surface area contributed by atoms with E-state index in [4.69, 9.17) is 4.74 Å². The molecule has 0 aliphatic carbocycles. The number of benzene rings is 2. The largest absolute Gasteiger partial charge is 0.383 e. The number of anilines is 1. The summed E-state index contributed by atoms with van der Waals surface area (Å²) in [7, 11) is -2.29. The maximum absolute atomic E-state index is 13.6. The van der Waals surface area contributed by atoms with E-state index in [1.165, 1.54) is 10.4 Å². The number of nitrogens with one attached hydrogen (secondary N) is 1. The lowest BCUT2D eigenvalue weighted by Gasteiger charge is -2.33. The Morgan fingerprint density at radius 1 is 1.21 bits per heavy atom. The fourth-order valence-corrected chi connectivity index (χ4v) is 5.82. The van der Waals surface area contributed by atoms with Crippen LogP contribution < -0.4 is 5.32 Å². The lowest BCUT2D eigenvalue weighted by Crippen LogP contribution is -2.49. The van der Waals surface area contributed by atoms with Crippen LogP contribution in [-0.2, 0) is 26.1 Å². The monoisotopic (exact) mass is 471 g/mol. The fraction of sp³-hybridized carbons (Fsp3) is 0.435. The third-order valence-electron chi connectivity index (χ3n) is 6.22. The molecule has 1 atom stereocenters. The summed E-state index contributed by atoms with van der Waals surface area (Å²) in [6, 6.07) is 9.70. The number of piperidine rings is 1. The molecule has 0 radical (unpaired) electrons. The number of carbonyl (C=O) groups is 1. The van der Waals surface area contributed by atoms with Crippen LogP contribution in [0.1, 0.15) is 30.4 Å². The van der Waals surface area contributed by atoms with Gasteiger partial charge in [-0.05, 0) is 62.1 Å². The van der Waals surface area contributed by atoms with Crippen LogP contribution in [0.4, 0.5) is 5.69 Å². The third kappa shape index (κ3) is 4.64. The molecule has 1 fully saturated rings. The van der Waals surface area contributed by atoms with Crippen LogP contribution in [0.2, 0.25) is 0 Å². The molecule has 1 amide bonds. The minimum absolute atomic E-state index is 0.111. The number of rotatable bonds is 7. The van der Waals surface area contributed by atoms with Crippen LogP contribution >= 0.6 is 0 Å². The van der Waals surface area contributed by atoms with Crippen LogP contribution in [0.15, 0.2) is 41.3 Å². The van der Waals surface area contributed by atoms with E-state index in [-0.39, 0.29) is 10.8 Å². The molecule has 10 heteroatoms. The minimum atomic E-state index is -3.90. The molecule has 0 spiro atoms. The normalized spacial score (nSPS) is 17.4. The maximum Gasteiger partial charge on any atom is 0.243 e. The summed E-state index contributed by atoms with van der Waals surface area (Å²) in [5.41, 5.74) is 3.96. The van der Waals surface area contributed by atoms with Crippen LogP contribution in [0.3, 0.4) is 0 Å². The molecule has 9 nitrogen and oxygen atoms in total. The Morgan fingerprint density at radius 3 is 2.82 bits per heavy atom. The number of ether oxygens (including phenoxy) is 1. The number of methoxy groups -OCH3 is 1. The van der Waals surface area contributed by atoms with Gasteiger partial charge in [0.05, 0.1) is 23.6 Å². The average Bonchev–Trinajstić information content (AvgIpc) is 3.23. The zero-order chi connectivity index (χ0) is 23.6. The van der Waals surface area contributed by atoms with Crippen LogP contribution in [0, 0.1) is 13.8 Å². The van der Waals surface area contributed by atoms with Crippen LogP contribution in [-0.4, -0.2) is 59.9 Å². The quantitative estimate of drug-likeness (QED) is 0.568. The van der Waals surface area contributed by atoms with Gasteiger partial charge in [-0.2, -0.15) is 4.31 Å². The van der Waals surface area contributed by atoms with Gasteiger partial charge < -0.3 is 10.1 Å². The number of sulfonamides is 1. The van der Waals surface area contributed by atoms with Gasteiger partial charge in [0, 0.05) is 19.3 Å². The van der Waals surface area contributed by atoms with Gasteiger partial charge in [-0.25, -0.2) is 13.1 Å². The highest BCUT2D eigenvalue weighted by atomic mass is 32.2. The molecular formula is C23H29N5O4S. The molecule has 176 valence electrons. The molecule has 0 unspecified atom stereocenters. The molecule has 1 aromatic heterocycles. The number of aromatic nitrogens is 3. The van der Waals surface area contributed by atoms with Crippen molar-refractivity contribution >= 4 is 32.7 Å². The lowest BCUT2D eigenvalue weighted by molar-refractivity contribution is -0.120. The SMILES string of the molecule is COCCn1nnc2cc(S(=O)(=O)N3CCCC[C@@H]3C(=O)Nc3cccc(C)c3C)ccc21. The van der Waals surface area contributed by atoms with Gasteiger partial charge in [-0.1, -0.05) is 23.8 Å². The van der Waals surface area contributed by atoms with Crippen molar-refractivity contribution in [2.75, 3.05) is 25.6 Å². The predicted octanol–water partition coefficient (Wildman–Crippen LogP) is 2.88. The predicted molar refractivity (Wildman–Crippen MR) is 125 cm³/mol. The summed E-state index contributed by atoms with van der Waals surface area (Å²) in [6.07, 6.45) is 1.98. The zero-order valence-corrected chi connectivity index (χ0v) is 19.9. The Labute approximate surface area is 193 Å². The van der Waals surface area contributed by atoms with Gasteiger partial charge in [0.2, 0.25) is 15.9 Å². The second-order valence-electron chi connectivity index (χ2n) is 8.32. The molecule has 33 heavy (non-hydrogen) atoms. The first kappa shape index (κ1) is 23.3. The van der Waals surface area contributed by atoms with E-state index in [1.807, 2.05) is 32.0 Å². The van der Waals surface area contributed by atoms with Gasteiger partial charge in [0.25, 0.3) is 0 Å². The van der Waals surface area contributed by atoms with Crippen molar-refractivity contribution in [3.63, 3.8) is 0 Å². The van der Waals surface area contributed by atoms with E-state index in [0.717, 1.165) is 23.1 Å². The minimum Gasteiger partial charge on any atom is -0.383 e. The molecule has 1 aliphatic rings. The maximum atomic E-state index is 13.6. The molecule has 2 heterocycles. The molecule has 1 N–H and O–H groups in total. The highest BCUT2D eigenvalue weighted by Crippen LogP contribution is 2.28. The Morgan fingerprint density at radius 2 is 2.03 bits per heavy atom. The van der Waals surface area contributed by atoms with Crippen molar-refractivity contribution < 1.29 is 17.9 Å². The standard InChI is InChI=1S/C23H29N5O4S/c1-16-7-6-8-19(17(16)2)24-23(29)22-9-4-5-12-28(22)33(30,31)18-10-11-21-20(15-18)25-26-27(21)13-14-32-3/h6-8,10-11,15,22H,4-5,9,12-14H2,1-3H3,(H,24,29)/t22-/m1/s1. The van der Waals surface area contributed by atoms with Crippen molar-refractivity contribution in [2.45, 2.75) is 50.6 Å². The molecule has 0 saturated carbocycles. The molecule has 1 aliphatic heterocycles. The van der Waals surface area contributed by atoms with E-state index in [0.29, 0.717) is 43.7 Å².